The molecule has 5 nitrogen and oxygen atoms in total. The maximum atomic E-state index is 11.8. The molecule has 1 aromatic rings. The number of nitriles is 1. The molecule has 0 aliphatic carbocycles. The first-order chi connectivity index (χ1) is 8.65. The van der Waals surface area contributed by atoms with Gasteiger partial charge in [-0.1, -0.05) is 16.5 Å². The molecule has 19 heavy (non-hydrogen) atoms. The minimum absolute atomic E-state index is 0.0387. The predicted octanol–water partition coefficient (Wildman–Crippen LogP) is 1.98. The summed E-state index contributed by atoms with van der Waals surface area (Å²) < 4.78 is 58.4. The fourth-order valence-electron chi connectivity index (χ4n) is 0.991. The van der Waals surface area contributed by atoms with E-state index in [9.17, 15) is 21.6 Å². The van der Waals surface area contributed by atoms with E-state index in [1.165, 1.54) is 4.89 Å². The van der Waals surface area contributed by atoms with Crippen LogP contribution in [-0.2, 0) is 14.9 Å². The van der Waals surface area contributed by atoms with Crippen LogP contribution >= 0.6 is 11.6 Å². The molecule has 0 radical (unpaired) electrons. The van der Waals surface area contributed by atoms with Crippen LogP contribution in [0.5, 0.6) is 0 Å². The van der Waals surface area contributed by atoms with Crippen LogP contribution in [0.1, 0.15) is 5.56 Å². The number of sulfonamides is 1. The maximum Gasteiger partial charge on any atom is 0.413 e. The molecule has 0 spiro atoms. The lowest BCUT2D eigenvalue weighted by Gasteiger charge is -2.09. The highest BCUT2D eigenvalue weighted by Crippen LogP contribution is 2.20. The van der Waals surface area contributed by atoms with Crippen LogP contribution < -0.4 is 4.89 Å². The van der Waals surface area contributed by atoms with Crippen LogP contribution in [0.25, 0.3) is 0 Å². The molecule has 0 saturated carbocycles. The highest BCUT2D eigenvalue weighted by Gasteiger charge is 2.29. The SMILES string of the molecule is N#Cc1ccc(S(=O)(=O)NOCC(F)(F)F)cc1Cl. The van der Waals surface area contributed by atoms with Crippen LogP contribution in [0.2, 0.25) is 5.02 Å². The standard InChI is InChI=1S/C9H6ClF3N2O3S/c10-8-3-7(2-1-6(8)4-14)19(16,17)15-18-5-9(11,12)13/h1-3,15H,5H2. The van der Waals surface area contributed by atoms with Gasteiger partial charge in [-0.15, -0.1) is 0 Å². The summed E-state index contributed by atoms with van der Waals surface area (Å²) in [6.07, 6.45) is -4.66. The largest absolute Gasteiger partial charge is 0.413 e. The molecule has 0 saturated heterocycles. The Kier molecular flexibility index (Phi) is 4.75. The zero-order chi connectivity index (χ0) is 14.7. The van der Waals surface area contributed by atoms with Crippen molar-refractivity contribution >= 4 is 21.6 Å². The first kappa shape index (κ1) is 15.7. The average molecular weight is 315 g/mol. The van der Waals surface area contributed by atoms with Crippen molar-refractivity contribution in [2.45, 2.75) is 11.1 Å². The monoisotopic (exact) mass is 314 g/mol. The molecule has 0 aliphatic heterocycles. The summed E-state index contributed by atoms with van der Waals surface area (Å²) >= 11 is 5.61. The number of hydrogen-bond acceptors (Lipinski definition) is 4. The molecule has 0 aliphatic rings. The first-order valence-electron chi connectivity index (χ1n) is 4.56. The van der Waals surface area contributed by atoms with Crippen LogP contribution in [-0.4, -0.2) is 21.2 Å². The maximum absolute atomic E-state index is 11.8. The fourth-order valence-corrected chi connectivity index (χ4v) is 2.11. The molecule has 1 rings (SSSR count). The van der Waals surface area contributed by atoms with Gasteiger partial charge < -0.3 is 0 Å². The summed E-state index contributed by atoms with van der Waals surface area (Å²) in [5.74, 6) is 0. The predicted molar refractivity (Wildman–Crippen MR) is 58.5 cm³/mol. The Morgan fingerprint density at radius 2 is 2.05 bits per heavy atom. The zero-order valence-corrected chi connectivity index (χ0v) is 10.6. The molecule has 0 heterocycles. The number of alkyl halides is 3. The van der Waals surface area contributed by atoms with Crippen molar-refractivity contribution in [2.24, 2.45) is 0 Å². The summed E-state index contributed by atoms with van der Waals surface area (Å²) in [6.45, 7) is -1.77. The Morgan fingerprint density at radius 3 is 2.53 bits per heavy atom. The molecule has 1 N–H and O–H groups in total. The van der Waals surface area contributed by atoms with E-state index in [2.05, 4.69) is 4.84 Å². The smallest absolute Gasteiger partial charge is 0.277 e. The van der Waals surface area contributed by atoms with Gasteiger partial charge >= 0.3 is 6.18 Å². The van der Waals surface area contributed by atoms with E-state index in [1.807, 2.05) is 0 Å². The van der Waals surface area contributed by atoms with E-state index < -0.39 is 27.7 Å². The van der Waals surface area contributed by atoms with Crippen LogP contribution in [0.3, 0.4) is 0 Å². The van der Waals surface area contributed by atoms with Crippen molar-refractivity contribution in [1.82, 2.24) is 4.89 Å². The zero-order valence-electron chi connectivity index (χ0n) is 9.03. The van der Waals surface area contributed by atoms with Crippen molar-refractivity contribution in [3.63, 3.8) is 0 Å². The van der Waals surface area contributed by atoms with Gasteiger partial charge in [0.1, 0.15) is 6.07 Å². The summed E-state index contributed by atoms with van der Waals surface area (Å²) in [7, 11) is -4.30. The second-order valence-corrected chi connectivity index (χ2v) is 5.30. The van der Waals surface area contributed by atoms with E-state index in [-0.39, 0.29) is 10.6 Å². The molecule has 1 aromatic carbocycles. The molecule has 0 aromatic heterocycles. The molecular weight excluding hydrogens is 309 g/mol. The van der Waals surface area contributed by atoms with Gasteiger partial charge in [0.15, 0.2) is 6.61 Å². The molecule has 0 unspecified atom stereocenters. The van der Waals surface area contributed by atoms with Gasteiger partial charge in [-0.2, -0.15) is 18.4 Å². The van der Waals surface area contributed by atoms with E-state index in [4.69, 9.17) is 16.9 Å². The van der Waals surface area contributed by atoms with Gasteiger partial charge in [-0.25, -0.2) is 8.42 Å². The second-order valence-electron chi connectivity index (χ2n) is 3.24. The molecular formula is C9H6ClF3N2O3S. The highest BCUT2D eigenvalue weighted by molar-refractivity contribution is 7.89. The summed E-state index contributed by atoms with van der Waals surface area (Å²) in [4.78, 5) is 4.73. The fraction of sp³-hybridized carbons (Fsp3) is 0.222. The summed E-state index contributed by atoms with van der Waals surface area (Å²) in [5.41, 5.74) is 0.0387. The average Bonchev–Trinajstić information content (AvgIpc) is 2.26. The van der Waals surface area contributed by atoms with Crippen molar-refractivity contribution in [1.29, 1.82) is 5.26 Å². The molecule has 104 valence electrons. The lowest BCUT2D eigenvalue weighted by atomic mass is 10.2. The van der Waals surface area contributed by atoms with Gasteiger partial charge in [-0.3, -0.25) is 4.84 Å². The Balaban J connectivity index is 2.84. The van der Waals surface area contributed by atoms with Crippen LogP contribution in [0, 0.1) is 11.3 Å². The van der Waals surface area contributed by atoms with Gasteiger partial charge in [-0.05, 0) is 18.2 Å². The van der Waals surface area contributed by atoms with Gasteiger partial charge in [0.2, 0.25) is 0 Å². The number of halogens is 4. The normalized spacial score (nSPS) is 12.2. The third kappa shape index (κ3) is 4.68. The van der Waals surface area contributed by atoms with Gasteiger partial charge in [0.05, 0.1) is 15.5 Å². The van der Waals surface area contributed by atoms with Crippen LogP contribution in [0.4, 0.5) is 13.2 Å². The molecule has 10 heteroatoms. The van der Waals surface area contributed by atoms with Crippen molar-refractivity contribution < 1.29 is 26.4 Å². The molecule has 0 fully saturated rings. The number of nitrogens with zero attached hydrogens (tertiary/aromatic N) is 1. The third-order valence-corrected chi connectivity index (χ3v) is 3.30. The lowest BCUT2D eigenvalue weighted by Crippen LogP contribution is -2.29. The summed E-state index contributed by atoms with van der Waals surface area (Å²) in [5, 5.41) is 8.46. The topological polar surface area (TPSA) is 79.2 Å². The van der Waals surface area contributed by atoms with Gasteiger partial charge in [0, 0.05) is 0 Å². The lowest BCUT2D eigenvalue weighted by molar-refractivity contribution is -0.181. The van der Waals surface area contributed by atoms with E-state index >= 15 is 0 Å². The second kappa shape index (κ2) is 5.75. The van der Waals surface area contributed by atoms with Gasteiger partial charge in [0.25, 0.3) is 10.0 Å². The minimum Gasteiger partial charge on any atom is -0.277 e. The Morgan fingerprint density at radius 1 is 1.42 bits per heavy atom. The van der Waals surface area contributed by atoms with E-state index in [1.54, 1.807) is 6.07 Å². The summed E-state index contributed by atoms with van der Waals surface area (Å²) in [6, 6.07) is 4.78. The molecule has 0 bridgehead atoms. The Hall–Kier alpha value is -1.34. The number of nitrogens with one attached hydrogen (secondary N) is 1. The Bertz CT molecular complexity index is 610. The van der Waals surface area contributed by atoms with Crippen molar-refractivity contribution in [2.75, 3.05) is 6.61 Å². The van der Waals surface area contributed by atoms with Crippen molar-refractivity contribution in [3.8, 4) is 6.07 Å². The number of benzene rings is 1. The van der Waals surface area contributed by atoms with Crippen molar-refractivity contribution in [3.05, 3.63) is 28.8 Å². The van der Waals surface area contributed by atoms with Crippen LogP contribution in [0.15, 0.2) is 23.1 Å². The molecule has 0 atom stereocenters. The highest BCUT2D eigenvalue weighted by atomic mass is 35.5. The number of rotatable bonds is 4. The Labute approximate surface area is 111 Å². The molecule has 0 amide bonds. The quantitative estimate of drug-likeness (QED) is 0.862. The van der Waals surface area contributed by atoms with E-state index in [0.717, 1.165) is 18.2 Å². The minimum atomic E-state index is -4.66. The third-order valence-electron chi connectivity index (χ3n) is 1.78. The van der Waals surface area contributed by atoms with E-state index in [0.29, 0.717) is 0 Å². The number of hydrogen-bond donors (Lipinski definition) is 1. The first-order valence-corrected chi connectivity index (χ1v) is 6.42.